The van der Waals surface area contributed by atoms with Crippen LogP contribution in [0.25, 0.3) is 0 Å². The van der Waals surface area contributed by atoms with Crippen LogP contribution in [0.5, 0.6) is 0 Å². The lowest BCUT2D eigenvalue weighted by atomic mass is 10.4. The standard InChI is InChI=1S/C8H16N2OS/c1-9-8-5-7(8)6-11-4-3-10-12-2/h7-8,10H,1,3-6H2,2H3/t7?,8-/m0/s1. The molecule has 0 aromatic rings. The first-order chi connectivity index (χ1) is 5.88. The monoisotopic (exact) mass is 188 g/mol. The molecule has 0 spiro atoms. The zero-order valence-corrected chi connectivity index (χ0v) is 8.27. The quantitative estimate of drug-likeness (QED) is 0.367. The van der Waals surface area contributed by atoms with Crippen molar-refractivity contribution in [3.05, 3.63) is 0 Å². The Balaban J connectivity index is 1.81. The van der Waals surface area contributed by atoms with Gasteiger partial charge in [0.15, 0.2) is 0 Å². The summed E-state index contributed by atoms with van der Waals surface area (Å²) in [6.07, 6.45) is 3.18. The smallest absolute Gasteiger partial charge is 0.0600 e. The van der Waals surface area contributed by atoms with Gasteiger partial charge in [-0.3, -0.25) is 9.71 Å². The van der Waals surface area contributed by atoms with Crippen LogP contribution < -0.4 is 4.72 Å². The lowest BCUT2D eigenvalue weighted by Crippen LogP contribution is -2.13. The summed E-state index contributed by atoms with van der Waals surface area (Å²) in [7, 11) is 0. The molecule has 4 heteroatoms. The molecule has 0 bridgehead atoms. The van der Waals surface area contributed by atoms with E-state index in [9.17, 15) is 0 Å². The van der Waals surface area contributed by atoms with Crippen LogP contribution in [-0.2, 0) is 4.74 Å². The maximum Gasteiger partial charge on any atom is 0.0600 e. The molecular weight excluding hydrogens is 172 g/mol. The zero-order chi connectivity index (χ0) is 8.81. The van der Waals surface area contributed by atoms with Crippen molar-refractivity contribution in [1.82, 2.24) is 4.72 Å². The number of hydrogen-bond donors (Lipinski definition) is 1. The topological polar surface area (TPSA) is 33.6 Å². The first-order valence-corrected chi connectivity index (χ1v) is 5.40. The van der Waals surface area contributed by atoms with E-state index in [1.54, 1.807) is 11.9 Å². The molecule has 0 saturated heterocycles. The largest absolute Gasteiger partial charge is 0.380 e. The van der Waals surface area contributed by atoms with Gasteiger partial charge in [0, 0.05) is 12.5 Å². The van der Waals surface area contributed by atoms with Gasteiger partial charge in [0.05, 0.1) is 19.3 Å². The molecule has 1 fully saturated rings. The minimum absolute atomic E-state index is 0.485. The third-order valence-electron chi connectivity index (χ3n) is 1.94. The van der Waals surface area contributed by atoms with Crippen LogP contribution in [0.2, 0.25) is 0 Å². The van der Waals surface area contributed by atoms with E-state index < -0.39 is 0 Å². The summed E-state index contributed by atoms with van der Waals surface area (Å²) in [5.41, 5.74) is 0. The van der Waals surface area contributed by atoms with E-state index in [2.05, 4.69) is 16.4 Å². The average molecular weight is 188 g/mol. The number of aliphatic imine (C=N–C) groups is 1. The maximum absolute atomic E-state index is 5.43. The summed E-state index contributed by atoms with van der Waals surface area (Å²) in [4.78, 5) is 3.95. The molecule has 0 aromatic carbocycles. The predicted octanol–water partition coefficient (Wildman–Crippen LogP) is 0.960. The van der Waals surface area contributed by atoms with Gasteiger partial charge in [-0.2, -0.15) is 0 Å². The molecule has 0 amide bonds. The van der Waals surface area contributed by atoms with E-state index >= 15 is 0 Å². The average Bonchev–Trinajstić information content (AvgIpc) is 2.83. The minimum atomic E-state index is 0.485. The third-order valence-corrected chi connectivity index (χ3v) is 2.44. The molecule has 0 aromatic heterocycles. The molecule has 1 rings (SSSR count). The molecule has 1 unspecified atom stereocenters. The fraction of sp³-hybridized carbons (Fsp3) is 0.875. The van der Waals surface area contributed by atoms with Gasteiger partial charge in [-0.05, 0) is 19.4 Å². The van der Waals surface area contributed by atoms with Gasteiger partial charge < -0.3 is 4.74 Å². The molecule has 0 aliphatic heterocycles. The minimum Gasteiger partial charge on any atom is -0.380 e. The van der Waals surface area contributed by atoms with Gasteiger partial charge in [-0.1, -0.05) is 11.9 Å². The van der Waals surface area contributed by atoms with Crippen molar-refractivity contribution in [1.29, 1.82) is 0 Å². The van der Waals surface area contributed by atoms with Crippen LogP contribution in [0.4, 0.5) is 0 Å². The van der Waals surface area contributed by atoms with E-state index in [0.29, 0.717) is 12.0 Å². The van der Waals surface area contributed by atoms with Crippen molar-refractivity contribution in [3.63, 3.8) is 0 Å². The third kappa shape index (κ3) is 3.56. The Bertz CT molecular complexity index is 143. The fourth-order valence-corrected chi connectivity index (χ4v) is 1.37. The lowest BCUT2D eigenvalue weighted by molar-refractivity contribution is 0.129. The van der Waals surface area contributed by atoms with Crippen LogP contribution in [0.3, 0.4) is 0 Å². The number of rotatable bonds is 7. The van der Waals surface area contributed by atoms with Crippen molar-refractivity contribution in [2.75, 3.05) is 26.0 Å². The number of hydrogen-bond acceptors (Lipinski definition) is 4. The molecule has 1 aliphatic rings. The van der Waals surface area contributed by atoms with Gasteiger partial charge in [0.1, 0.15) is 0 Å². The predicted molar refractivity (Wildman–Crippen MR) is 53.8 cm³/mol. The number of ether oxygens (including phenoxy) is 1. The van der Waals surface area contributed by atoms with Crippen molar-refractivity contribution in [2.45, 2.75) is 12.5 Å². The fourth-order valence-electron chi connectivity index (χ4n) is 1.08. The first-order valence-electron chi connectivity index (χ1n) is 4.18. The lowest BCUT2D eigenvalue weighted by Gasteiger charge is -2.02. The maximum atomic E-state index is 5.43. The van der Waals surface area contributed by atoms with Crippen LogP contribution in [0, 0.1) is 5.92 Å². The normalized spacial score (nSPS) is 27.1. The van der Waals surface area contributed by atoms with Gasteiger partial charge in [-0.15, -0.1) is 0 Å². The Hall–Kier alpha value is -0.0600. The van der Waals surface area contributed by atoms with Crippen LogP contribution in [-0.4, -0.2) is 38.8 Å². The van der Waals surface area contributed by atoms with E-state index in [1.807, 2.05) is 6.26 Å². The summed E-state index contributed by atoms with van der Waals surface area (Å²) >= 11 is 1.62. The highest BCUT2D eigenvalue weighted by molar-refractivity contribution is 7.96. The molecular formula is C8H16N2OS. The van der Waals surface area contributed by atoms with E-state index in [4.69, 9.17) is 4.74 Å². The summed E-state index contributed by atoms with van der Waals surface area (Å²) in [5, 5.41) is 0. The van der Waals surface area contributed by atoms with Crippen LogP contribution in [0.15, 0.2) is 4.99 Å². The summed E-state index contributed by atoms with van der Waals surface area (Å²) in [6, 6.07) is 0.485. The number of nitrogens with one attached hydrogen (secondary N) is 1. The van der Waals surface area contributed by atoms with Gasteiger partial charge >= 0.3 is 0 Å². The Labute approximate surface area is 78.1 Å². The van der Waals surface area contributed by atoms with Crippen molar-refractivity contribution in [2.24, 2.45) is 10.9 Å². The summed E-state index contributed by atoms with van der Waals surface area (Å²) in [5.74, 6) is 0.650. The summed E-state index contributed by atoms with van der Waals surface area (Å²) < 4.78 is 8.55. The summed E-state index contributed by atoms with van der Waals surface area (Å²) in [6.45, 7) is 6.07. The van der Waals surface area contributed by atoms with Gasteiger partial charge in [0.25, 0.3) is 0 Å². The second kappa shape index (κ2) is 5.56. The van der Waals surface area contributed by atoms with Crippen molar-refractivity contribution < 1.29 is 4.74 Å². The molecule has 1 aliphatic carbocycles. The second-order valence-electron chi connectivity index (χ2n) is 2.92. The Morgan fingerprint density at radius 2 is 2.58 bits per heavy atom. The molecule has 1 N–H and O–H groups in total. The Morgan fingerprint density at radius 3 is 3.17 bits per heavy atom. The molecule has 70 valence electrons. The molecule has 2 atom stereocenters. The second-order valence-corrected chi connectivity index (χ2v) is 3.62. The van der Waals surface area contributed by atoms with E-state index in [0.717, 1.165) is 19.8 Å². The zero-order valence-electron chi connectivity index (χ0n) is 7.45. The van der Waals surface area contributed by atoms with Crippen LogP contribution >= 0.6 is 11.9 Å². The van der Waals surface area contributed by atoms with Gasteiger partial charge in [0.2, 0.25) is 0 Å². The van der Waals surface area contributed by atoms with E-state index in [-0.39, 0.29) is 0 Å². The molecule has 0 heterocycles. The molecule has 12 heavy (non-hydrogen) atoms. The van der Waals surface area contributed by atoms with Gasteiger partial charge in [-0.25, -0.2) is 0 Å². The molecule has 3 nitrogen and oxygen atoms in total. The van der Waals surface area contributed by atoms with Crippen LogP contribution in [0.1, 0.15) is 6.42 Å². The Morgan fingerprint density at radius 1 is 1.75 bits per heavy atom. The highest BCUT2D eigenvalue weighted by Crippen LogP contribution is 2.33. The van der Waals surface area contributed by atoms with E-state index in [1.165, 1.54) is 6.42 Å². The highest BCUT2D eigenvalue weighted by atomic mass is 32.2. The first kappa shape index (κ1) is 10.0. The Kier molecular flexibility index (Phi) is 4.65. The van der Waals surface area contributed by atoms with Crippen molar-refractivity contribution >= 4 is 18.7 Å². The molecule has 0 radical (unpaired) electrons. The molecule has 1 saturated carbocycles. The highest BCUT2D eigenvalue weighted by Gasteiger charge is 2.35. The number of nitrogens with zero attached hydrogens (tertiary/aromatic N) is 1. The van der Waals surface area contributed by atoms with Crippen molar-refractivity contribution in [3.8, 4) is 0 Å². The SMILES string of the molecule is C=N[C@H]1CC1COCCNSC.